The molecule has 2 aromatic heterocycles. The van der Waals surface area contributed by atoms with Gasteiger partial charge < -0.3 is 40.0 Å². The zero-order valence-electron chi connectivity index (χ0n) is 47.4. The van der Waals surface area contributed by atoms with Crippen molar-refractivity contribution in [3.8, 4) is 22.3 Å². The van der Waals surface area contributed by atoms with Crippen LogP contribution in [0.5, 0.6) is 0 Å². The standard InChI is InChI=1S/2C34H35N4.2Pt/c2*1-32(2,3)23-11-13-27-28-14-12-24(33(4,5)6)21-30(28)34(29(27)20-23,31-15-16-35-36-31)25-9-8-10-26(19-25)38-18-17-37(7)22-38;;/h2*8-18,20-22H,1-7H3;;/q2*-3;;. The molecule has 4 aliphatic rings. The zero-order valence-corrected chi connectivity index (χ0v) is 51.9. The Kier molecular flexibility index (Phi) is 14.8. The molecule has 8 nitrogen and oxygen atoms in total. The molecule has 6 aromatic carbocycles. The topological polar surface area (TPSA) is 66.9 Å². The van der Waals surface area contributed by atoms with E-state index in [0.717, 1.165) is 33.9 Å². The fourth-order valence-corrected chi connectivity index (χ4v) is 11.6. The van der Waals surface area contributed by atoms with E-state index in [0.29, 0.717) is 0 Å². The largest absolute Gasteiger partial charge is 0.581 e. The van der Waals surface area contributed by atoms with Gasteiger partial charge in [-0.05, 0) is 127 Å². The van der Waals surface area contributed by atoms with Crippen molar-refractivity contribution in [1.82, 2.24) is 30.2 Å². The van der Waals surface area contributed by atoms with E-state index in [1.807, 2.05) is 48.7 Å². The fourth-order valence-electron chi connectivity index (χ4n) is 11.6. The molecule has 0 radical (unpaired) electrons. The molecule has 8 aromatic rings. The van der Waals surface area contributed by atoms with Crippen molar-refractivity contribution in [2.75, 3.05) is 23.9 Å². The van der Waals surface area contributed by atoms with E-state index in [1.165, 1.54) is 66.8 Å². The Bertz CT molecular complexity index is 3180. The third-order valence-corrected chi connectivity index (χ3v) is 15.9. The first-order valence-electron chi connectivity index (χ1n) is 26.6. The van der Waals surface area contributed by atoms with E-state index in [-0.39, 0.29) is 63.8 Å². The van der Waals surface area contributed by atoms with Crippen molar-refractivity contribution in [3.63, 3.8) is 0 Å². The molecule has 408 valence electrons. The Hall–Kier alpha value is -6.20. The Balaban J connectivity index is 0.000000185. The molecule has 2 aliphatic heterocycles. The molecule has 10 heteroatoms. The smallest absolute Gasteiger partial charge is 0.0644 e. The number of benzene rings is 6. The number of nitrogens with zero attached hydrogens (tertiary/aromatic N) is 8. The summed E-state index contributed by atoms with van der Waals surface area (Å²) in [4.78, 5) is 8.32. The molecule has 0 saturated heterocycles. The molecule has 0 fully saturated rings. The molecule has 0 N–H and O–H groups in total. The summed E-state index contributed by atoms with van der Waals surface area (Å²) >= 11 is 0. The van der Waals surface area contributed by atoms with Crippen LogP contribution >= 0.6 is 0 Å². The van der Waals surface area contributed by atoms with Crippen molar-refractivity contribution < 1.29 is 42.1 Å². The molecule has 0 saturated carbocycles. The third-order valence-electron chi connectivity index (χ3n) is 15.9. The van der Waals surface area contributed by atoms with Gasteiger partial charge in [-0.1, -0.05) is 168 Å². The van der Waals surface area contributed by atoms with Gasteiger partial charge in [0.05, 0.1) is 10.8 Å². The van der Waals surface area contributed by atoms with Gasteiger partial charge in [0.15, 0.2) is 0 Å². The van der Waals surface area contributed by atoms with Crippen molar-refractivity contribution in [2.45, 2.75) is 116 Å². The van der Waals surface area contributed by atoms with Gasteiger partial charge in [0.1, 0.15) is 0 Å². The summed E-state index contributed by atoms with van der Waals surface area (Å²) in [6.07, 6.45) is 11.8. The summed E-state index contributed by atoms with van der Waals surface area (Å²) in [6.45, 7) is 31.4. The summed E-state index contributed by atoms with van der Waals surface area (Å²) in [5.41, 5.74) is 20.0. The first-order valence-corrected chi connectivity index (χ1v) is 26.6. The Morgan fingerprint density at radius 2 is 0.718 bits per heavy atom. The molecule has 78 heavy (non-hydrogen) atoms. The second-order valence-electron chi connectivity index (χ2n) is 25.2. The van der Waals surface area contributed by atoms with Crippen molar-refractivity contribution >= 4 is 11.4 Å². The monoisotopic (exact) mass is 1390 g/mol. The summed E-state index contributed by atoms with van der Waals surface area (Å²) in [5.74, 6) is 0. The van der Waals surface area contributed by atoms with Crippen molar-refractivity contribution in [2.24, 2.45) is 0 Å². The van der Waals surface area contributed by atoms with E-state index < -0.39 is 10.8 Å². The number of hydrogen-bond acceptors (Lipinski definition) is 6. The van der Waals surface area contributed by atoms with E-state index in [2.05, 4.69) is 262 Å². The molecule has 4 heterocycles. The third kappa shape index (κ3) is 9.57. The second-order valence-corrected chi connectivity index (χ2v) is 25.2. The minimum Gasteiger partial charge on any atom is -0.581 e. The van der Waals surface area contributed by atoms with Crippen LogP contribution in [0.15, 0.2) is 159 Å². The average molecular weight is 1390 g/mol. The molecular formula is C68H70N8Pt2-6. The summed E-state index contributed by atoms with van der Waals surface area (Å²) in [7, 11) is 4.07. The van der Waals surface area contributed by atoms with Gasteiger partial charge in [0.25, 0.3) is 0 Å². The number of aromatic nitrogens is 4. The average Bonchev–Trinajstić information content (AvgIpc) is 4.41. The summed E-state index contributed by atoms with van der Waals surface area (Å²) < 4.78 is 0. The quantitative estimate of drug-likeness (QED) is 0.153. The maximum atomic E-state index is 4.75. The van der Waals surface area contributed by atoms with Crippen LogP contribution in [0.1, 0.15) is 150 Å². The van der Waals surface area contributed by atoms with Crippen LogP contribution in [0.25, 0.3) is 22.3 Å². The molecule has 0 amide bonds. The summed E-state index contributed by atoms with van der Waals surface area (Å²) in [5, 5.41) is 18.2. The van der Waals surface area contributed by atoms with Crippen LogP contribution in [0.2, 0.25) is 0 Å². The van der Waals surface area contributed by atoms with Gasteiger partial charge in [0, 0.05) is 53.5 Å². The first-order chi connectivity index (χ1) is 36.0. The molecule has 0 spiro atoms. The predicted octanol–water partition coefficient (Wildman–Crippen LogP) is 14.3. The first kappa shape index (κ1) is 56.5. The molecular weight excluding hydrogens is 1320 g/mol. The maximum absolute atomic E-state index is 4.75. The van der Waals surface area contributed by atoms with Crippen LogP contribution in [0, 0.1) is 25.5 Å². The Morgan fingerprint density at radius 3 is 0.962 bits per heavy atom. The molecule has 0 atom stereocenters. The number of fused-ring (bicyclic) bond motifs is 6. The van der Waals surface area contributed by atoms with Gasteiger partial charge >= 0.3 is 0 Å². The minimum absolute atomic E-state index is 0. The van der Waals surface area contributed by atoms with Gasteiger partial charge in [-0.15, -0.1) is 22.5 Å². The Labute approximate surface area is 493 Å². The van der Waals surface area contributed by atoms with Crippen LogP contribution in [-0.2, 0) is 74.6 Å². The van der Waals surface area contributed by atoms with Crippen molar-refractivity contribution in [1.29, 1.82) is 0 Å². The number of hydrogen-bond donors (Lipinski definition) is 0. The van der Waals surface area contributed by atoms with E-state index in [4.69, 9.17) is 10.2 Å². The zero-order chi connectivity index (χ0) is 53.7. The van der Waals surface area contributed by atoms with E-state index in [1.54, 1.807) is 0 Å². The van der Waals surface area contributed by atoms with Gasteiger partial charge in [-0.2, -0.15) is 74.3 Å². The van der Waals surface area contributed by atoms with E-state index >= 15 is 0 Å². The van der Waals surface area contributed by atoms with Crippen molar-refractivity contribution in [3.05, 3.63) is 251 Å². The number of rotatable bonds is 6. The van der Waals surface area contributed by atoms with Gasteiger partial charge in [0.2, 0.25) is 0 Å². The van der Waals surface area contributed by atoms with Crippen LogP contribution in [-0.4, -0.2) is 34.1 Å². The van der Waals surface area contributed by atoms with Crippen LogP contribution in [0.4, 0.5) is 11.4 Å². The summed E-state index contributed by atoms with van der Waals surface area (Å²) in [6, 6.07) is 52.7. The molecule has 2 aliphatic carbocycles. The van der Waals surface area contributed by atoms with Gasteiger partial charge in [-0.25, -0.2) is 0 Å². The fraction of sp³-hybridized carbons (Fsp3) is 0.294. The maximum Gasteiger partial charge on any atom is 0.0644 e. The van der Waals surface area contributed by atoms with Crippen LogP contribution < -0.4 is 20.0 Å². The van der Waals surface area contributed by atoms with Crippen LogP contribution in [0.3, 0.4) is 0 Å². The predicted molar refractivity (Wildman–Crippen MR) is 310 cm³/mol. The van der Waals surface area contributed by atoms with E-state index in [9.17, 15) is 0 Å². The molecule has 12 rings (SSSR count). The minimum atomic E-state index is -0.630. The molecule has 0 bridgehead atoms. The normalized spacial score (nSPS) is 15.8. The Morgan fingerprint density at radius 1 is 0.410 bits per heavy atom. The SMILES string of the molecule is CN1C=CN(c2[c-]c(C3(c4cc[n-]n4)c4cc(C(C)(C)C)ccc4-c4ccc(C(C)(C)C)cc43)ccc2)[CH-]1.CN1C=CN(c2[c-]c(C3(c4cc[n-]n4)c4cc(C(C)(C)C)ccc4-c4ccc(C(C)(C)C)cc43)ccc2)[CH-]1.[Pt].[Pt]. The number of anilines is 2. The van der Waals surface area contributed by atoms with Gasteiger partial charge in [-0.3, -0.25) is 0 Å². The molecule has 0 unspecified atom stereocenters. The second kappa shape index (κ2) is 20.5.